The van der Waals surface area contributed by atoms with Crippen molar-refractivity contribution in [2.45, 2.75) is 39.5 Å². The number of rotatable bonds is 4. The van der Waals surface area contributed by atoms with Crippen molar-refractivity contribution in [3.05, 3.63) is 35.4 Å². The SMILES string of the molecule is CC(C)Cc1ccccc1C(C)(C)CO. The van der Waals surface area contributed by atoms with E-state index in [1.165, 1.54) is 11.1 Å². The lowest BCUT2D eigenvalue weighted by Gasteiger charge is -2.26. The van der Waals surface area contributed by atoms with Gasteiger partial charge >= 0.3 is 0 Å². The van der Waals surface area contributed by atoms with E-state index in [4.69, 9.17) is 0 Å². The summed E-state index contributed by atoms with van der Waals surface area (Å²) in [6, 6.07) is 8.44. The van der Waals surface area contributed by atoms with E-state index in [1.54, 1.807) is 0 Å². The van der Waals surface area contributed by atoms with E-state index in [0.29, 0.717) is 5.92 Å². The first-order valence-corrected chi connectivity index (χ1v) is 5.66. The van der Waals surface area contributed by atoms with E-state index in [1.807, 2.05) is 0 Å². The first kappa shape index (κ1) is 12.3. The molecule has 15 heavy (non-hydrogen) atoms. The van der Waals surface area contributed by atoms with Crippen LogP contribution in [0.5, 0.6) is 0 Å². The Bertz CT molecular complexity index is 313. The molecule has 0 fully saturated rings. The average Bonchev–Trinajstić information content (AvgIpc) is 2.17. The number of benzene rings is 1. The summed E-state index contributed by atoms with van der Waals surface area (Å²) in [5.74, 6) is 0.653. The molecule has 1 heteroatoms. The molecule has 0 radical (unpaired) electrons. The summed E-state index contributed by atoms with van der Waals surface area (Å²) in [6.07, 6.45) is 1.08. The number of hydrogen-bond acceptors (Lipinski definition) is 1. The van der Waals surface area contributed by atoms with Crippen LogP contribution in [-0.2, 0) is 11.8 Å². The molecule has 0 atom stereocenters. The molecule has 0 aliphatic rings. The van der Waals surface area contributed by atoms with Gasteiger partial charge in [0.15, 0.2) is 0 Å². The van der Waals surface area contributed by atoms with Gasteiger partial charge in [0.25, 0.3) is 0 Å². The van der Waals surface area contributed by atoms with Gasteiger partial charge in [0, 0.05) is 5.41 Å². The zero-order valence-electron chi connectivity index (χ0n) is 10.2. The maximum absolute atomic E-state index is 9.41. The Morgan fingerprint density at radius 1 is 1.20 bits per heavy atom. The van der Waals surface area contributed by atoms with Crippen molar-refractivity contribution in [3.8, 4) is 0 Å². The first-order valence-electron chi connectivity index (χ1n) is 5.66. The van der Waals surface area contributed by atoms with Crippen molar-refractivity contribution in [2.75, 3.05) is 6.61 Å². The standard InChI is InChI=1S/C14H22O/c1-11(2)9-12-7-5-6-8-13(12)14(3,4)10-15/h5-8,11,15H,9-10H2,1-4H3. The Kier molecular flexibility index (Phi) is 3.92. The minimum atomic E-state index is -0.133. The largest absolute Gasteiger partial charge is 0.395 e. The lowest BCUT2D eigenvalue weighted by molar-refractivity contribution is 0.217. The summed E-state index contributed by atoms with van der Waals surface area (Å²) in [6.45, 7) is 8.83. The van der Waals surface area contributed by atoms with Crippen LogP contribution >= 0.6 is 0 Å². The van der Waals surface area contributed by atoms with E-state index in [0.717, 1.165) is 6.42 Å². The lowest BCUT2D eigenvalue weighted by atomic mass is 9.81. The fourth-order valence-electron chi connectivity index (χ4n) is 1.88. The minimum absolute atomic E-state index is 0.133. The first-order chi connectivity index (χ1) is 6.97. The van der Waals surface area contributed by atoms with Crippen LogP contribution < -0.4 is 0 Å². The Balaban J connectivity index is 3.06. The van der Waals surface area contributed by atoms with Gasteiger partial charge in [-0.2, -0.15) is 0 Å². The Labute approximate surface area is 93.1 Å². The molecule has 0 spiro atoms. The van der Waals surface area contributed by atoms with Crippen molar-refractivity contribution >= 4 is 0 Å². The van der Waals surface area contributed by atoms with Gasteiger partial charge < -0.3 is 5.11 Å². The lowest BCUT2D eigenvalue weighted by Crippen LogP contribution is -2.24. The average molecular weight is 206 g/mol. The number of aliphatic hydroxyl groups is 1. The van der Waals surface area contributed by atoms with Gasteiger partial charge in [-0.1, -0.05) is 52.0 Å². The van der Waals surface area contributed by atoms with Crippen molar-refractivity contribution in [1.82, 2.24) is 0 Å². The van der Waals surface area contributed by atoms with Gasteiger partial charge in [-0.05, 0) is 23.5 Å². The van der Waals surface area contributed by atoms with E-state index < -0.39 is 0 Å². The van der Waals surface area contributed by atoms with E-state index >= 15 is 0 Å². The smallest absolute Gasteiger partial charge is 0.0522 e. The van der Waals surface area contributed by atoms with Crippen LogP contribution in [0.25, 0.3) is 0 Å². The molecular weight excluding hydrogens is 184 g/mol. The van der Waals surface area contributed by atoms with Crippen molar-refractivity contribution in [2.24, 2.45) is 5.92 Å². The molecule has 0 saturated carbocycles. The second-order valence-corrected chi connectivity index (χ2v) is 5.30. The number of hydrogen-bond donors (Lipinski definition) is 1. The van der Waals surface area contributed by atoms with Crippen LogP contribution in [0, 0.1) is 5.92 Å². The maximum atomic E-state index is 9.41. The highest BCUT2D eigenvalue weighted by molar-refractivity contribution is 5.33. The monoisotopic (exact) mass is 206 g/mol. The molecular formula is C14H22O. The van der Waals surface area contributed by atoms with Crippen molar-refractivity contribution in [3.63, 3.8) is 0 Å². The van der Waals surface area contributed by atoms with Gasteiger partial charge in [0.2, 0.25) is 0 Å². The summed E-state index contributed by atoms with van der Waals surface area (Å²) in [5, 5.41) is 9.41. The van der Waals surface area contributed by atoms with Crippen LogP contribution in [0.3, 0.4) is 0 Å². The van der Waals surface area contributed by atoms with E-state index in [9.17, 15) is 5.11 Å². The zero-order valence-corrected chi connectivity index (χ0v) is 10.2. The third-order valence-electron chi connectivity index (χ3n) is 2.77. The molecule has 0 aliphatic carbocycles. The highest BCUT2D eigenvalue weighted by Gasteiger charge is 2.22. The minimum Gasteiger partial charge on any atom is -0.395 e. The van der Waals surface area contributed by atoms with Gasteiger partial charge in [0.1, 0.15) is 0 Å². The molecule has 0 aliphatic heterocycles. The van der Waals surface area contributed by atoms with Crippen molar-refractivity contribution < 1.29 is 5.11 Å². The van der Waals surface area contributed by atoms with E-state index in [-0.39, 0.29) is 12.0 Å². The molecule has 1 aromatic rings. The molecule has 1 nitrogen and oxygen atoms in total. The predicted molar refractivity (Wildman–Crippen MR) is 65.1 cm³/mol. The number of aliphatic hydroxyl groups excluding tert-OH is 1. The normalized spacial score (nSPS) is 12.1. The van der Waals surface area contributed by atoms with Gasteiger partial charge in [-0.3, -0.25) is 0 Å². The summed E-state index contributed by atoms with van der Waals surface area (Å²) < 4.78 is 0. The highest BCUT2D eigenvalue weighted by atomic mass is 16.3. The summed E-state index contributed by atoms with van der Waals surface area (Å²) in [4.78, 5) is 0. The molecule has 0 heterocycles. The summed E-state index contributed by atoms with van der Waals surface area (Å²) in [7, 11) is 0. The Morgan fingerprint density at radius 3 is 2.33 bits per heavy atom. The quantitative estimate of drug-likeness (QED) is 0.802. The summed E-state index contributed by atoms with van der Waals surface area (Å²) >= 11 is 0. The van der Waals surface area contributed by atoms with Crippen LogP contribution in [0.4, 0.5) is 0 Å². The van der Waals surface area contributed by atoms with Crippen molar-refractivity contribution in [1.29, 1.82) is 0 Å². The molecule has 1 N–H and O–H groups in total. The highest BCUT2D eigenvalue weighted by Crippen LogP contribution is 2.27. The maximum Gasteiger partial charge on any atom is 0.0522 e. The molecule has 0 aromatic heterocycles. The third kappa shape index (κ3) is 3.07. The molecule has 1 aromatic carbocycles. The van der Waals surface area contributed by atoms with Crippen LogP contribution in [0.1, 0.15) is 38.8 Å². The van der Waals surface area contributed by atoms with Gasteiger partial charge in [-0.25, -0.2) is 0 Å². The molecule has 0 unspecified atom stereocenters. The zero-order chi connectivity index (χ0) is 11.5. The topological polar surface area (TPSA) is 20.2 Å². The molecule has 0 amide bonds. The fourth-order valence-corrected chi connectivity index (χ4v) is 1.88. The van der Waals surface area contributed by atoms with Crippen LogP contribution in [0.2, 0.25) is 0 Å². The van der Waals surface area contributed by atoms with E-state index in [2.05, 4.69) is 52.0 Å². The molecule has 1 rings (SSSR count). The second kappa shape index (κ2) is 4.80. The molecule has 0 saturated heterocycles. The van der Waals surface area contributed by atoms with Crippen LogP contribution in [0.15, 0.2) is 24.3 Å². The molecule has 0 bridgehead atoms. The molecule has 84 valence electrons. The second-order valence-electron chi connectivity index (χ2n) is 5.30. The Hall–Kier alpha value is -0.820. The predicted octanol–water partition coefficient (Wildman–Crippen LogP) is 3.16. The van der Waals surface area contributed by atoms with Gasteiger partial charge in [-0.15, -0.1) is 0 Å². The van der Waals surface area contributed by atoms with Crippen LogP contribution in [-0.4, -0.2) is 11.7 Å². The fraction of sp³-hybridized carbons (Fsp3) is 0.571. The van der Waals surface area contributed by atoms with Gasteiger partial charge in [0.05, 0.1) is 6.61 Å². The third-order valence-corrected chi connectivity index (χ3v) is 2.77. The Morgan fingerprint density at radius 2 is 1.80 bits per heavy atom. The summed E-state index contributed by atoms with van der Waals surface area (Å²) in [5.41, 5.74) is 2.51.